The van der Waals surface area contributed by atoms with Gasteiger partial charge in [-0.3, -0.25) is 0 Å². The minimum atomic E-state index is -0.416. The molecule has 1 saturated heterocycles. The lowest BCUT2D eigenvalue weighted by Gasteiger charge is -2.32. The second-order valence-electron chi connectivity index (χ2n) is 4.79. The number of anilines is 1. The number of carbonyl (C=O) groups excluding carboxylic acids is 2. The van der Waals surface area contributed by atoms with Crippen LogP contribution in [-0.2, 0) is 4.74 Å². The number of urea groups is 1. The molecule has 20 heavy (non-hydrogen) atoms. The van der Waals surface area contributed by atoms with Crippen molar-refractivity contribution in [2.24, 2.45) is 0 Å². The van der Waals surface area contributed by atoms with Crippen molar-refractivity contribution in [1.29, 1.82) is 0 Å². The van der Waals surface area contributed by atoms with E-state index >= 15 is 0 Å². The average molecular weight is 277 g/mol. The zero-order valence-corrected chi connectivity index (χ0v) is 11.8. The summed E-state index contributed by atoms with van der Waals surface area (Å²) in [6.07, 6.45) is 0. The Labute approximate surface area is 118 Å². The molecular weight excluding hydrogens is 258 g/mol. The number of benzene rings is 1. The first-order valence-corrected chi connectivity index (χ1v) is 6.53. The molecule has 108 valence electrons. The number of rotatable bonds is 2. The van der Waals surface area contributed by atoms with Gasteiger partial charge in [-0.2, -0.15) is 0 Å². The summed E-state index contributed by atoms with van der Waals surface area (Å²) in [5, 5.41) is 2.81. The monoisotopic (exact) mass is 277 g/mol. The largest absolute Gasteiger partial charge is 0.465 e. The first kappa shape index (κ1) is 14.3. The summed E-state index contributed by atoms with van der Waals surface area (Å²) in [6, 6.07) is 6.59. The Morgan fingerprint density at radius 1 is 1.20 bits per heavy atom. The summed E-state index contributed by atoms with van der Waals surface area (Å²) in [5.74, 6) is -0.416. The zero-order valence-electron chi connectivity index (χ0n) is 11.8. The van der Waals surface area contributed by atoms with Crippen molar-refractivity contribution in [2.75, 3.05) is 45.7 Å². The maximum Gasteiger partial charge on any atom is 0.337 e. The number of nitrogens with one attached hydrogen (secondary N) is 1. The van der Waals surface area contributed by atoms with Crippen LogP contribution < -0.4 is 5.32 Å². The molecular formula is C14H19N3O3. The Hall–Kier alpha value is -2.08. The molecule has 0 unspecified atom stereocenters. The van der Waals surface area contributed by atoms with E-state index in [1.807, 2.05) is 7.05 Å². The van der Waals surface area contributed by atoms with Crippen LogP contribution >= 0.6 is 0 Å². The first-order valence-electron chi connectivity index (χ1n) is 6.53. The average Bonchev–Trinajstić information content (AvgIpc) is 2.47. The van der Waals surface area contributed by atoms with E-state index in [1.54, 1.807) is 29.2 Å². The Bertz CT molecular complexity index is 496. The van der Waals surface area contributed by atoms with E-state index in [9.17, 15) is 9.59 Å². The smallest absolute Gasteiger partial charge is 0.337 e. The van der Waals surface area contributed by atoms with Crippen LogP contribution in [0.3, 0.4) is 0 Å². The predicted octanol–water partition coefficient (Wildman–Crippen LogP) is 1.25. The third-order valence-corrected chi connectivity index (χ3v) is 3.33. The van der Waals surface area contributed by atoms with Gasteiger partial charge in [-0.25, -0.2) is 9.59 Å². The number of carbonyl (C=O) groups is 2. The van der Waals surface area contributed by atoms with E-state index in [4.69, 9.17) is 0 Å². The Kier molecular flexibility index (Phi) is 4.57. The van der Waals surface area contributed by atoms with Crippen LogP contribution in [0.5, 0.6) is 0 Å². The molecule has 0 atom stereocenters. The molecule has 1 aliphatic heterocycles. The molecule has 2 amide bonds. The number of hydrogen-bond donors (Lipinski definition) is 1. The van der Waals surface area contributed by atoms with Crippen LogP contribution in [0.2, 0.25) is 0 Å². The van der Waals surface area contributed by atoms with Gasteiger partial charge in [-0.15, -0.1) is 0 Å². The van der Waals surface area contributed by atoms with Crippen LogP contribution in [-0.4, -0.2) is 62.1 Å². The van der Waals surface area contributed by atoms with Crippen molar-refractivity contribution in [3.63, 3.8) is 0 Å². The van der Waals surface area contributed by atoms with Gasteiger partial charge in [0.2, 0.25) is 0 Å². The number of esters is 1. The number of ether oxygens (including phenoxy) is 1. The van der Waals surface area contributed by atoms with Crippen molar-refractivity contribution in [3.8, 4) is 0 Å². The van der Waals surface area contributed by atoms with Crippen molar-refractivity contribution < 1.29 is 14.3 Å². The van der Waals surface area contributed by atoms with Gasteiger partial charge in [0.15, 0.2) is 0 Å². The molecule has 0 saturated carbocycles. The van der Waals surface area contributed by atoms with E-state index in [-0.39, 0.29) is 6.03 Å². The summed E-state index contributed by atoms with van der Waals surface area (Å²) in [5.41, 5.74) is 1.01. The second kappa shape index (κ2) is 6.38. The highest BCUT2D eigenvalue weighted by Crippen LogP contribution is 2.13. The summed E-state index contributed by atoms with van der Waals surface area (Å²) in [7, 11) is 3.37. The number of hydrogen-bond acceptors (Lipinski definition) is 4. The molecule has 0 spiro atoms. The summed E-state index contributed by atoms with van der Waals surface area (Å²) in [6.45, 7) is 3.16. The van der Waals surface area contributed by atoms with E-state index in [0.717, 1.165) is 13.1 Å². The zero-order chi connectivity index (χ0) is 14.5. The van der Waals surface area contributed by atoms with Gasteiger partial charge in [0.1, 0.15) is 0 Å². The highest BCUT2D eigenvalue weighted by molar-refractivity contribution is 5.93. The third kappa shape index (κ3) is 3.48. The number of likely N-dealkylation sites (N-methyl/N-ethyl adjacent to an activating group) is 1. The van der Waals surface area contributed by atoms with Crippen molar-refractivity contribution in [2.45, 2.75) is 0 Å². The van der Waals surface area contributed by atoms with Crippen LogP contribution in [0.25, 0.3) is 0 Å². The van der Waals surface area contributed by atoms with Gasteiger partial charge in [0, 0.05) is 31.9 Å². The normalized spacial score (nSPS) is 15.8. The molecule has 2 rings (SSSR count). The second-order valence-corrected chi connectivity index (χ2v) is 4.79. The molecule has 1 fully saturated rings. The maximum atomic E-state index is 12.1. The van der Waals surface area contributed by atoms with Gasteiger partial charge in [0.05, 0.1) is 12.7 Å². The Morgan fingerprint density at radius 3 is 2.55 bits per heavy atom. The molecule has 0 aliphatic carbocycles. The molecule has 1 heterocycles. The molecule has 6 heteroatoms. The quantitative estimate of drug-likeness (QED) is 0.827. The topological polar surface area (TPSA) is 61.9 Å². The molecule has 6 nitrogen and oxygen atoms in total. The van der Waals surface area contributed by atoms with Gasteiger partial charge < -0.3 is 19.9 Å². The highest BCUT2D eigenvalue weighted by Gasteiger charge is 2.19. The Balaban J connectivity index is 1.99. The van der Waals surface area contributed by atoms with Crippen LogP contribution in [0.15, 0.2) is 24.3 Å². The van der Waals surface area contributed by atoms with E-state index in [0.29, 0.717) is 24.3 Å². The SMILES string of the molecule is COC(=O)c1cccc(NC(=O)N2CCN(C)CC2)c1. The molecule has 1 aromatic carbocycles. The Morgan fingerprint density at radius 2 is 1.90 bits per heavy atom. The van der Waals surface area contributed by atoms with E-state index in [1.165, 1.54) is 7.11 Å². The fraction of sp³-hybridized carbons (Fsp3) is 0.429. The number of methoxy groups -OCH3 is 1. The minimum Gasteiger partial charge on any atom is -0.465 e. The maximum absolute atomic E-state index is 12.1. The van der Waals surface area contributed by atoms with Gasteiger partial charge in [0.25, 0.3) is 0 Å². The summed E-state index contributed by atoms with van der Waals surface area (Å²) in [4.78, 5) is 27.5. The molecule has 1 aliphatic rings. The first-order chi connectivity index (χ1) is 9.60. The van der Waals surface area contributed by atoms with Crippen LogP contribution in [0.4, 0.5) is 10.5 Å². The van der Waals surface area contributed by atoms with E-state index < -0.39 is 5.97 Å². The fourth-order valence-electron chi connectivity index (χ4n) is 2.05. The fourth-order valence-corrected chi connectivity index (χ4v) is 2.05. The third-order valence-electron chi connectivity index (χ3n) is 3.33. The molecule has 1 aromatic rings. The summed E-state index contributed by atoms with van der Waals surface area (Å²) >= 11 is 0. The van der Waals surface area contributed by atoms with Crippen molar-refractivity contribution in [3.05, 3.63) is 29.8 Å². The highest BCUT2D eigenvalue weighted by atomic mass is 16.5. The van der Waals surface area contributed by atoms with Gasteiger partial charge in [-0.05, 0) is 25.2 Å². The van der Waals surface area contributed by atoms with Crippen molar-refractivity contribution in [1.82, 2.24) is 9.80 Å². The molecule has 0 aromatic heterocycles. The molecule has 0 bridgehead atoms. The molecule has 1 N–H and O–H groups in total. The lowest BCUT2D eigenvalue weighted by Crippen LogP contribution is -2.48. The number of amides is 2. The van der Waals surface area contributed by atoms with Crippen LogP contribution in [0.1, 0.15) is 10.4 Å². The summed E-state index contributed by atoms with van der Waals surface area (Å²) < 4.78 is 4.66. The predicted molar refractivity (Wildman–Crippen MR) is 75.9 cm³/mol. The van der Waals surface area contributed by atoms with Gasteiger partial charge >= 0.3 is 12.0 Å². The number of nitrogens with zero attached hydrogens (tertiary/aromatic N) is 2. The number of piperazine rings is 1. The lowest BCUT2D eigenvalue weighted by atomic mass is 10.2. The van der Waals surface area contributed by atoms with Crippen LogP contribution in [0, 0.1) is 0 Å². The van der Waals surface area contributed by atoms with Crippen molar-refractivity contribution >= 4 is 17.7 Å². The standard InChI is InChI=1S/C14H19N3O3/c1-16-6-8-17(9-7-16)14(19)15-12-5-3-4-11(10-12)13(18)20-2/h3-5,10H,6-9H2,1-2H3,(H,15,19). The van der Waals surface area contributed by atoms with E-state index in [2.05, 4.69) is 15.0 Å². The minimum absolute atomic E-state index is 0.139. The molecule has 0 radical (unpaired) electrons. The lowest BCUT2D eigenvalue weighted by molar-refractivity contribution is 0.0600. The van der Waals surface area contributed by atoms with Gasteiger partial charge in [-0.1, -0.05) is 6.07 Å².